The van der Waals surface area contributed by atoms with Crippen LogP contribution in [0.2, 0.25) is 0 Å². The summed E-state index contributed by atoms with van der Waals surface area (Å²) in [6.45, 7) is 2.27. The van der Waals surface area contributed by atoms with Crippen LogP contribution >= 0.6 is 0 Å². The Morgan fingerprint density at radius 2 is 1.42 bits per heavy atom. The summed E-state index contributed by atoms with van der Waals surface area (Å²) in [5.74, 6) is 1.13. The van der Waals surface area contributed by atoms with Crippen molar-refractivity contribution in [1.82, 2.24) is 0 Å². The summed E-state index contributed by atoms with van der Waals surface area (Å²) in [5.41, 5.74) is 0. The summed E-state index contributed by atoms with van der Waals surface area (Å²) in [7, 11) is -3.80. The molecule has 0 bridgehead atoms. The molecule has 0 saturated heterocycles. The van der Waals surface area contributed by atoms with Crippen LogP contribution in [0.1, 0.15) is 110 Å². The van der Waals surface area contributed by atoms with E-state index in [1.54, 1.807) is 0 Å². The van der Waals surface area contributed by atoms with Crippen LogP contribution in [0.5, 0.6) is 0 Å². The maximum absolute atomic E-state index is 10.9. The topological polar surface area (TPSA) is 54.4 Å². The summed E-state index contributed by atoms with van der Waals surface area (Å²) in [6.07, 6.45) is 24.8. The molecule has 0 aliphatic heterocycles. The number of hydrogen-bond donors (Lipinski definition) is 1. The summed E-state index contributed by atoms with van der Waals surface area (Å²) in [4.78, 5) is 0. The SMILES string of the molecule is CCCCCCCCCCCCCC1C=CCCC1CCCS(=O)(=O)O. The largest absolute Gasteiger partial charge is 0.286 e. The highest BCUT2D eigenvalue weighted by Gasteiger charge is 2.21. The highest BCUT2D eigenvalue weighted by molar-refractivity contribution is 7.85. The lowest BCUT2D eigenvalue weighted by atomic mass is 9.78. The highest BCUT2D eigenvalue weighted by Crippen LogP contribution is 2.32. The van der Waals surface area contributed by atoms with Crippen molar-refractivity contribution in [1.29, 1.82) is 0 Å². The fourth-order valence-electron chi connectivity index (χ4n) is 4.22. The molecular weight excluding hydrogens is 344 g/mol. The van der Waals surface area contributed by atoms with Crippen LogP contribution < -0.4 is 0 Å². The molecular formula is C22H42O3S. The fraction of sp³-hybridized carbons (Fsp3) is 0.909. The second-order valence-electron chi connectivity index (χ2n) is 8.18. The number of unbranched alkanes of at least 4 members (excludes halogenated alkanes) is 10. The third-order valence-corrected chi connectivity index (χ3v) is 6.62. The molecule has 0 heterocycles. The maximum Gasteiger partial charge on any atom is 0.264 e. The molecule has 26 heavy (non-hydrogen) atoms. The minimum Gasteiger partial charge on any atom is -0.286 e. The normalized spacial score (nSPS) is 20.5. The summed E-state index contributed by atoms with van der Waals surface area (Å²) < 4.78 is 30.6. The molecule has 154 valence electrons. The van der Waals surface area contributed by atoms with Gasteiger partial charge in [-0.2, -0.15) is 8.42 Å². The van der Waals surface area contributed by atoms with E-state index in [9.17, 15) is 8.42 Å². The van der Waals surface area contributed by atoms with Gasteiger partial charge in [0, 0.05) is 0 Å². The molecule has 4 heteroatoms. The van der Waals surface area contributed by atoms with E-state index in [4.69, 9.17) is 4.55 Å². The fourth-order valence-corrected chi connectivity index (χ4v) is 4.75. The zero-order valence-electron chi connectivity index (χ0n) is 17.0. The van der Waals surface area contributed by atoms with E-state index in [-0.39, 0.29) is 5.75 Å². The molecule has 0 aromatic rings. The first-order chi connectivity index (χ1) is 12.5. The molecule has 3 nitrogen and oxygen atoms in total. The monoisotopic (exact) mass is 386 g/mol. The van der Waals surface area contributed by atoms with Crippen molar-refractivity contribution in [2.24, 2.45) is 11.8 Å². The van der Waals surface area contributed by atoms with E-state index < -0.39 is 10.1 Å². The van der Waals surface area contributed by atoms with Crippen LogP contribution in [0.4, 0.5) is 0 Å². The quantitative estimate of drug-likeness (QED) is 0.178. The van der Waals surface area contributed by atoms with Gasteiger partial charge in [0.1, 0.15) is 0 Å². The van der Waals surface area contributed by atoms with Gasteiger partial charge < -0.3 is 0 Å². The van der Waals surface area contributed by atoms with Gasteiger partial charge in [-0.15, -0.1) is 0 Å². The first-order valence-corrected chi connectivity index (χ1v) is 12.8. The summed E-state index contributed by atoms with van der Waals surface area (Å²) in [6, 6.07) is 0. The van der Waals surface area contributed by atoms with Crippen molar-refractivity contribution in [3.05, 3.63) is 12.2 Å². The van der Waals surface area contributed by atoms with Crippen molar-refractivity contribution in [2.75, 3.05) is 5.75 Å². The van der Waals surface area contributed by atoms with Crippen LogP contribution in [-0.4, -0.2) is 18.7 Å². The van der Waals surface area contributed by atoms with Crippen molar-refractivity contribution in [3.8, 4) is 0 Å². The second-order valence-corrected chi connectivity index (χ2v) is 9.75. The van der Waals surface area contributed by atoms with Crippen molar-refractivity contribution >= 4 is 10.1 Å². The molecule has 0 amide bonds. The van der Waals surface area contributed by atoms with E-state index >= 15 is 0 Å². The molecule has 0 spiro atoms. The Labute approximate surface area is 162 Å². The Balaban J connectivity index is 2.03. The Kier molecular flexibility index (Phi) is 13.4. The minimum absolute atomic E-state index is 0.0849. The smallest absolute Gasteiger partial charge is 0.264 e. The number of hydrogen-bond acceptors (Lipinski definition) is 2. The van der Waals surface area contributed by atoms with E-state index in [0.29, 0.717) is 18.3 Å². The van der Waals surface area contributed by atoms with Crippen molar-refractivity contribution in [2.45, 2.75) is 110 Å². The first-order valence-electron chi connectivity index (χ1n) is 11.1. The van der Waals surface area contributed by atoms with Gasteiger partial charge in [0.2, 0.25) is 0 Å². The van der Waals surface area contributed by atoms with Crippen molar-refractivity contribution < 1.29 is 13.0 Å². The van der Waals surface area contributed by atoms with Crippen LogP contribution in [-0.2, 0) is 10.1 Å². The zero-order valence-corrected chi connectivity index (χ0v) is 17.8. The molecule has 0 radical (unpaired) electrons. The third kappa shape index (κ3) is 12.9. The van der Waals surface area contributed by atoms with Gasteiger partial charge in [-0.1, -0.05) is 89.7 Å². The van der Waals surface area contributed by atoms with Gasteiger partial charge in [-0.05, 0) is 43.9 Å². The van der Waals surface area contributed by atoms with Gasteiger partial charge in [-0.3, -0.25) is 4.55 Å². The average Bonchev–Trinajstić information content (AvgIpc) is 2.60. The third-order valence-electron chi connectivity index (χ3n) is 5.81. The van der Waals surface area contributed by atoms with Gasteiger partial charge in [-0.25, -0.2) is 0 Å². The number of allylic oxidation sites excluding steroid dienone is 2. The first kappa shape index (κ1) is 23.7. The molecule has 0 aromatic carbocycles. The molecule has 1 aliphatic carbocycles. The lowest BCUT2D eigenvalue weighted by Gasteiger charge is -2.27. The maximum atomic E-state index is 10.9. The van der Waals surface area contributed by atoms with Gasteiger partial charge >= 0.3 is 0 Å². The molecule has 2 unspecified atom stereocenters. The number of rotatable bonds is 16. The Hall–Kier alpha value is -0.350. The Morgan fingerprint density at radius 3 is 2.00 bits per heavy atom. The zero-order chi connectivity index (χ0) is 19.1. The molecule has 2 atom stereocenters. The molecule has 0 saturated carbocycles. The minimum atomic E-state index is -3.80. The van der Waals surface area contributed by atoms with Crippen LogP contribution in [0, 0.1) is 11.8 Å². The predicted molar refractivity (Wildman–Crippen MR) is 112 cm³/mol. The Morgan fingerprint density at radius 1 is 0.846 bits per heavy atom. The molecule has 0 aromatic heterocycles. The van der Waals surface area contributed by atoms with Crippen LogP contribution in [0.15, 0.2) is 12.2 Å². The second kappa shape index (κ2) is 14.7. The van der Waals surface area contributed by atoms with E-state index in [2.05, 4.69) is 19.1 Å². The lowest BCUT2D eigenvalue weighted by molar-refractivity contribution is 0.307. The highest BCUT2D eigenvalue weighted by atomic mass is 32.2. The van der Waals surface area contributed by atoms with Gasteiger partial charge in [0.05, 0.1) is 5.75 Å². The molecule has 1 rings (SSSR count). The van der Waals surface area contributed by atoms with E-state index in [1.807, 2.05) is 0 Å². The predicted octanol–water partition coefficient (Wildman–Crippen LogP) is 6.94. The lowest BCUT2D eigenvalue weighted by Crippen LogP contribution is -2.17. The summed E-state index contributed by atoms with van der Waals surface area (Å²) in [5, 5.41) is 0. The van der Waals surface area contributed by atoms with E-state index in [0.717, 1.165) is 12.8 Å². The average molecular weight is 387 g/mol. The van der Waals surface area contributed by atoms with Crippen LogP contribution in [0.25, 0.3) is 0 Å². The Bertz CT molecular complexity index is 456. The van der Waals surface area contributed by atoms with E-state index in [1.165, 1.54) is 83.5 Å². The molecule has 1 aliphatic rings. The van der Waals surface area contributed by atoms with Gasteiger partial charge in [0.15, 0.2) is 0 Å². The van der Waals surface area contributed by atoms with Crippen molar-refractivity contribution in [3.63, 3.8) is 0 Å². The van der Waals surface area contributed by atoms with Crippen LogP contribution in [0.3, 0.4) is 0 Å². The molecule has 0 fully saturated rings. The standard InChI is InChI=1S/C22H42O3S/c1-2-3-4-5-6-7-8-9-10-11-12-16-21-17-13-14-18-22(21)19-15-20-26(23,24)25/h13,17,21-22H,2-12,14-16,18-20H2,1H3,(H,23,24,25). The summed E-state index contributed by atoms with van der Waals surface area (Å²) >= 11 is 0. The van der Waals surface area contributed by atoms with Gasteiger partial charge in [0.25, 0.3) is 10.1 Å². The molecule has 1 N–H and O–H groups in total.